The minimum absolute atomic E-state index is 0.263. The Morgan fingerprint density at radius 1 is 1.32 bits per heavy atom. The summed E-state index contributed by atoms with van der Waals surface area (Å²) in [6.07, 6.45) is 0. The van der Waals surface area contributed by atoms with Gasteiger partial charge in [0.1, 0.15) is 11.6 Å². The Balaban J connectivity index is 2.18. The molecule has 0 bridgehead atoms. The van der Waals surface area contributed by atoms with Crippen LogP contribution in [0.5, 0.6) is 0 Å². The van der Waals surface area contributed by atoms with Gasteiger partial charge in [-0.2, -0.15) is 11.3 Å². The predicted molar refractivity (Wildman–Crippen MR) is 73.9 cm³/mol. The van der Waals surface area contributed by atoms with Crippen LogP contribution in [0.15, 0.2) is 35.0 Å². The molecule has 5 heteroatoms. The first-order chi connectivity index (χ1) is 9.11. The highest BCUT2D eigenvalue weighted by Gasteiger charge is 2.19. The molecule has 0 saturated heterocycles. The minimum Gasteiger partial charge on any atom is -0.329 e. The lowest BCUT2D eigenvalue weighted by Gasteiger charge is -2.27. The first-order valence-corrected chi connectivity index (χ1v) is 6.92. The summed E-state index contributed by atoms with van der Waals surface area (Å²) in [4.78, 5) is 1.97. The van der Waals surface area contributed by atoms with Gasteiger partial charge in [0.05, 0.1) is 0 Å². The standard InChI is InChI=1S/C14H16F2N2S/c1-18(8-10-4-5-19-9-10)14(7-17)12-3-2-11(15)6-13(12)16/h2-6,9,14H,7-8,17H2,1H3. The average Bonchev–Trinajstić information content (AvgIpc) is 2.85. The Hall–Kier alpha value is -1.30. The van der Waals surface area contributed by atoms with Crippen LogP contribution in [-0.4, -0.2) is 18.5 Å². The molecule has 1 heterocycles. The van der Waals surface area contributed by atoms with Crippen molar-refractivity contribution in [2.45, 2.75) is 12.6 Å². The number of likely N-dealkylation sites (N-methyl/N-ethyl adjacent to an activating group) is 1. The molecule has 0 amide bonds. The summed E-state index contributed by atoms with van der Waals surface area (Å²) in [7, 11) is 1.89. The molecule has 102 valence electrons. The molecule has 1 aromatic carbocycles. The fraction of sp³-hybridized carbons (Fsp3) is 0.286. The number of nitrogens with two attached hydrogens (primary N) is 1. The molecular formula is C14H16F2N2S. The fourth-order valence-corrected chi connectivity index (χ4v) is 2.76. The number of hydrogen-bond donors (Lipinski definition) is 1. The lowest BCUT2D eigenvalue weighted by atomic mass is 10.0. The minimum atomic E-state index is -0.572. The van der Waals surface area contributed by atoms with E-state index in [-0.39, 0.29) is 12.6 Å². The van der Waals surface area contributed by atoms with Crippen molar-refractivity contribution in [2.75, 3.05) is 13.6 Å². The number of benzene rings is 1. The molecule has 0 aliphatic heterocycles. The summed E-state index contributed by atoms with van der Waals surface area (Å²) < 4.78 is 26.7. The molecule has 0 saturated carbocycles. The second-order valence-corrected chi connectivity index (χ2v) is 5.24. The Kier molecular flexibility index (Phi) is 4.63. The van der Waals surface area contributed by atoms with Gasteiger partial charge in [0.2, 0.25) is 0 Å². The van der Waals surface area contributed by atoms with Gasteiger partial charge in [-0.1, -0.05) is 6.07 Å². The smallest absolute Gasteiger partial charge is 0.130 e. The second-order valence-electron chi connectivity index (χ2n) is 4.46. The zero-order valence-electron chi connectivity index (χ0n) is 10.6. The van der Waals surface area contributed by atoms with E-state index in [9.17, 15) is 8.78 Å². The van der Waals surface area contributed by atoms with Crippen molar-refractivity contribution in [1.29, 1.82) is 0 Å². The second kappa shape index (κ2) is 6.23. The third kappa shape index (κ3) is 3.37. The molecule has 0 spiro atoms. The van der Waals surface area contributed by atoms with Crippen molar-refractivity contribution < 1.29 is 8.78 Å². The van der Waals surface area contributed by atoms with Crippen LogP contribution in [0.1, 0.15) is 17.2 Å². The van der Waals surface area contributed by atoms with Crippen molar-refractivity contribution in [3.05, 3.63) is 57.8 Å². The molecular weight excluding hydrogens is 266 g/mol. The largest absolute Gasteiger partial charge is 0.329 e. The van der Waals surface area contributed by atoms with E-state index < -0.39 is 11.6 Å². The molecule has 1 aromatic heterocycles. The van der Waals surface area contributed by atoms with E-state index in [2.05, 4.69) is 0 Å². The maximum atomic E-state index is 13.8. The highest BCUT2D eigenvalue weighted by Crippen LogP contribution is 2.24. The van der Waals surface area contributed by atoms with E-state index in [1.807, 2.05) is 28.8 Å². The number of hydrogen-bond acceptors (Lipinski definition) is 3. The van der Waals surface area contributed by atoms with E-state index in [4.69, 9.17) is 5.73 Å². The van der Waals surface area contributed by atoms with E-state index in [1.165, 1.54) is 12.1 Å². The Morgan fingerprint density at radius 3 is 2.68 bits per heavy atom. The van der Waals surface area contributed by atoms with Gasteiger partial charge in [-0.05, 0) is 35.5 Å². The Morgan fingerprint density at radius 2 is 2.11 bits per heavy atom. The van der Waals surface area contributed by atoms with Crippen LogP contribution in [0.25, 0.3) is 0 Å². The summed E-state index contributed by atoms with van der Waals surface area (Å²) >= 11 is 1.62. The van der Waals surface area contributed by atoms with E-state index in [1.54, 1.807) is 11.3 Å². The third-order valence-electron chi connectivity index (χ3n) is 3.09. The molecule has 2 rings (SSSR count). The molecule has 0 radical (unpaired) electrons. The number of thiophene rings is 1. The SMILES string of the molecule is CN(Cc1ccsc1)C(CN)c1ccc(F)cc1F. The topological polar surface area (TPSA) is 29.3 Å². The fourth-order valence-electron chi connectivity index (χ4n) is 2.10. The lowest BCUT2D eigenvalue weighted by molar-refractivity contribution is 0.236. The quantitative estimate of drug-likeness (QED) is 0.912. The molecule has 0 fully saturated rings. The number of nitrogens with zero attached hydrogens (tertiary/aromatic N) is 1. The van der Waals surface area contributed by atoms with Gasteiger partial charge in [0.15, 0.2) is 0 Å². The third-order valence-corrected chi connectivity index (χ3v) is 3.82. The lowest BCUT2D eigenvalue weighted by Crippen LogP contribution is -2.30. The number of rotatable bonds is 5. The van der Waals surface area contributed by atoms with Gasteiger partial charge in [-0.25, -0.2) is 8.78 Å². The van der Waals surface area contributed by atoms with Crippen LogP contribution >= 0.6 is 11.3 Å². The van der Waals surface area contributed by atoms with Crippen LogP contribution in [0.4, 0.5) is 8.78 Å². The average molecular weight is 282 g/mol. The Bertz CT molecular complexity index is 528. The molecule has 2 nitrogen and oxygen atoms in total. The van der Waals surface area contributed by atoms with Crippen LogP contribution in [-0.2, 0) is 6.54 Å². The van der Waals surface area contributed by atoms with E-state index in [0.717, 1.165) is 11.6 Å². The van der Waals surface area contributed by atoms with E-state index >= 15 is 0 Å². The maximum Gasteiger partial charge on any atom is 0.130 e. The molecule has 19 heavy (non-hydrogen) atoms. The van der Waals surface area contributed by atoms with Crippen LogP contribution in [0, 0.1) is 11.6 Å². The normalized spacial score (nSPS) is 12.9. The van der Waals surface area contributed by atoms with Crippen LogP contribution in [0.2, 0.25) is 0 Å². The predicted octanol–water partition coefficient (Wildman–Crippen LogP) is 3.16. The van der Waals surface area contributed by atoms with Crippen molar-refractivity contribution in [2.24, 2.45) is 5.73 Å². The summed E-state index contributed by atoms with van der Waals surface area (Å²) in [5.74, 6) is -1.12. The van der Waals surface area contributed by atoms with Gasteiger partial charge >= 0.3 is 0 Å². The van der Waals surface area contributed by atoms with Gasteiger partial charge in [-0.15, -0.1) is 0 Å². The highest BCUT2D eigenvalue weighted by atomic mass is 32.1. The monoisotopic (exact) mass is 282 g/mol. The molecule has 2 aromatic rings. The molecule has 0 aliphatic rings. The van der Waals surface area contributed by atoms with Crippen molar-refractivity contribution in [3.63, 3.8) is 0 Å². The van der Waals surface area contributed by atoms with Gasteiger partial charge < -0.3 is 5.73 Å². The van der Waals surface area contributed by atoms with Gasteiger partial charge in [0.25, 0.3) is 0 Å². The van der Waals surface area contributed by atoms with Crippen LogP contribution < -0.4 is 5.73 Å². The maximum absolute atomic E-state index is 13.8. The molecule has 1 unspecified atom stereocenters. The van der Waals surface area contributed by atoms with Crippen molar-refractivity contribution in [1.82, 2.24) is 4.90 Å². The van der Waals surface area contributed by atoms with Crippen molar-refractivity contribution >= 4 is 11.3 Å². The first-order valence-electron chi connectivity index (χ1n) is 5.98. The van der Waals surface area contributed by atoms with Gasteiger partial charge in [0, 0.05) is 30.8 Å². The summed E-state index contributed by atoms with van der Waals surface area (Å²) in [5, 5.41) is 4.05. The summed E-state index contributed by atoms with van der Waals surface area (Å²) in [6.45, 7) is 0.964. The summed E-state index contributed by atoms with van der Waals surface area (Å²) in [5.41, 5.74) is 7.33. The zero-order valence-corrected chi connectivity index (χ0v) is 11.5. The van der Waals surface area contributed by atoms with E-state index in [0.29, 0.717) is 12.1 Å². The molecule has 1 atom stereocenters. The summed E-state index contributed by atoms with van der Waals surface area (Å²) in [6, 6.07) is 5.39. The van der Waals surface area contributed by atoms with Gasteiger partial charge in [-0.3, -0.25) is 4.90 Å². The molecule has 0 aliphatic carbocycles. The van der Waals surface area contributed by atoms with Crippen molar-refractivity contribution in [3.8, 4) is 0 Å². The van der Waals surface area contributed by atoms with Crippen LogP contribution in [0.3, 0.4) is 0 Å². The first kappa shape index (κ1) is 14.1. The number of halogens is 2. The highest BCUT2D eigenvalue weighted by molar-refractivity contribution is 7.07. The Labute approximate surface area is 115 Å². The zero-order chi connectivity index (χ0) is 13.8. The molecule has 2 N–H and O–H groups in total.